The maximum atomic E-state index is 9.28. The fourth-order valence-electron chi connectivity index (χ4n) is 2.79. The van der Waals surface area contributed by atoms with E-state index in [1.807, 2.05) is 48.9 Å². The number of nitrogens with zero attached hydrogens (tertiary/aromatic N) is 5. The van der Waals surface area contributed by atoms with Gasteiger partial charge in [-0.1, -0.05) is 0 Å². The van der Waals surface area contributed by atoms with E-state index >= 15 is 0 Å². The van der Waals surface area contributed by atoms with E-state index in [1.54, 1.807) is 11.8 Å². The summed E-state index contributed by atoms with van der Waals surface area (Å²) in [6.45, 7) is 5.02. The Morgan fingerprint density at radius 1 is 1.12 bits per heavy atom. The van der Waals surface area contributed by atoms with Gasteiger partial charge in [-0.25, -0.2) is 14.3 Å². The Morgan fingerprint density at radius 2 is 1.88 bits per heavy atom. The van der Waals surface area contributed by atoms with Crippen LogP contribution in [0.25, 0.3) is 17.1 Å². The van der Waals surface area contributed by atoms with E-state index in [2.05, 4.69) is 15.2 Å². The minimum Gasteiger partial charge on any atom is -0.394 e. The molecule has 0 radical (unpaired) electrons. The number of hydrogen-bond donors (Lipinski definition) is 1. The molecule has 0 saturated heterocycles. The summed E-state index contributed by atoms with van der Waals surface area (Å²) >= 11 is 0. The van der Waals surface area contributed by atoms with Crippen LogP contribution in [0, 0.1) is 13.8 Å². The molecule has 0 aliphatic heterocycles. The van der Waals surface area contributed by atoms with Crippen molar-refractivity contribution in [2.45, 2.75) is 26.8 Å². The lowest BCUT2D eigenvalue weighted by molar-refractivity contribution is 0.200. The number of aliphatic hydroxyl groups excluding tert-OH is 1. The third kappa shape index (κ3) is 3.78. The number of aryl methyl sites for hydroxylation is 2. The van der Waals surface area contributed by atoms with Crippen molar-refractivity contribution in [3.05, 3.63) is 47.5 Å². The number of rotatable bonds is 7. The van der Waals surface area contributed by atoms with Gasteiger partial charge in [0.1, 0.15) is 0 Å². The minimum atomic E-state index is 0.0178. The lowest BCUT2D eigenvalue weighted by atomic mass is 10.2. The normalized spacial score (nSPS) is 11.2. The zero-order valence-electron chi connectivity index (χ0n) is 14.8. The van der Waals surface area contributed by atoms with Gasteiger partial charge < -0.3 is 9.84 Å². The third-order valence-electron chi connectivity index (χ3n) is 3.94. The Hall–Kier alpha value is -2.51. The fourth-order valence-corrected chi connectivity index (χ4v) is 2.79. The Labute approximate surface area is 146 Å². The van der Waals surface area contributed by atoms with Crippen molar-refractivity contribution in [1.29, 1.82) is 0 Å². The first-order valence-electron chi connectivity index (χ1n) is 8.30. The van der Waals surface area contributed by atoms with Gasteiger partial charge >= 0.3 is 0 Å². The molecule has 0 fully saturated rings. The van der Waals surface area contributed by atoms with Crippen LogP contribution in [0.5, 0.6) is 0 Å². The molecule has 0 saturated carbocycles. The van der Waals surface area contributed by atoms with Crippen LogP contribution in [-0.2, 0) is 17.7 Å². The van der Waals surface area contributed by atoms with Gasteiger partial charge in [0, 0.05) is 24.8 Å². The van der Waals surface area contributed by atoms with E-state index in [1.165, 1.54) is 0 Å². The quantitative estimate of drug-likeness (QED) is 0.710. The van der Waals surface area contributed by atoms with E-state index in [0.29, 0.717) is 25.4 Å². The summed E-state index contributed by atoms with van der Waals surface area (Å²) in [7, 11) is 1.66. The molecule has 0 aliphatic rings. The molecule has 25 heavy (non-hydrogen) atoms. The van der Waals surface area contributed by atoms with E-state index in [9.17, 15) is 5.11 Å². The summed E-state index contributed by atoms with van der Waals surface area (Å²) in [5, 5.41) is 18.2. The maximum absolute atomic E-state index is 9.28. The van der Waals surface area contributed by atoms with Crippen molar-refractivity contribution in [2.75, 3.05) is 20.3 Å². The molecule has 0 aliphatic carbocycles. The highest BCUT2D eigenvalue weighted by Crippen LogP contribution is 2.21. The molecule has 7 nitrogen and oxygen atoms in total. The van der Waals surface area contributed by atoms with Gasteiger partial charge in [0.25, 0.3) is 0 Å². The summed E-state index contributed by atoms with van der Waals surface area (Å²) < 4.78 is 8.75. The summed E-state index contributed by atoms with van der Waals surface area (Å²) in [6.07, 6.45) is 0.645. The molecule has 0 amide bonds. The first-order chi connectivity index (χ1) is 12.1. The summed E-state index contributed by atoms with van der Waals surface area (Å²) in [4.78, 5) is 4.60. The number of benzene rings is 1. The van der Waals surface area contributed by atoms with E-state index in [4.69, 9.17) is 4.74 Å². The largest absolute Gasteiger partial charge is 0.394 e. The predicted octanol–water partition coefficient (Wildman–Crippen LogP) is 1.93. The Morgan fingerprint density at radius 3 is 2.48 bits per heavy atom. The number of hydrogen-bond acceptors (Lipinski definition) is 5. The number of aliphatic hydroxyl groups is 1. The van der Waals surface area contributed by atoms with Crippen molar-refractivity contribution in [3.8, 4) is 17.1 Å². The molecule has 3 aromatic rings. The molecule has 3 rings (SSSR count). The highest BCUT2D eigenvalue weighted by atomic mass is 16.5. The summed E-state index contributed by atoms with van der Waals surface area (Å²) in [5.41, 5.74) is 4.04. The average molecular weight is 341 g/mol. The topological polar surface area (TPSA) is 78.0 Å². The van der Waals surface area contributed by atoms with Crippen LogP contribution in [0.15, 0.2) is 30.3 Å². The Kier molecular flexibility index (Phi) is 5.25. The molecular formula is C18H23N5O2. The highest BCUT2D eigenvalue weighted by molar-refractivity contribution is 5.57. The van der Waals surface area contributed by atoms with Gasteiger partial charge in [0.05, 0.1) is 31.1 Å². The van der Waals surface area contributed by atoms with Crippen LogP contribution in [0.1, 0.15) is 17.2 Å². The lowest BCUT2D eigenvalue weighted by Crippen LogP contribution is -2.07. The van der Waals surface area contributed by atoms with Gasteiger partial charge in [-0.3, -0.25) is 0 Å². The lowest BCUT2D eigenvalue weighted by Gasteiger charge is -2.07. The van der Waals surface area contributed by atoms with E-state index in [-0.39, 0.29) is 6.61 Å². The fraction of sp³-hybridized carbons (Fsp3) is 0.389. The van der Waals surface area contributed by atoms with Gasteiger partial charge in [-0.2, -0.15) is 10.2 Å². The van der Waals surface area contributed by atoms with E-state index < -0.39 is 0 Å². The third-order valence-corrected chi connectivity index (χ3v) is 3.94. The van der Waals surface area contributed by atoms with Crippen LogP contribution >= 0.6 is 0 Å². The second kappa shape index (κ2) is 7.58. The number of aromatic nitrogens is 5. The molecule has 2 aromatic heterocycles. The van der Waals surface area contributed by atoms with Crippen LogP contribution in [0.4, 0.5) is 0 Å². The smallest absolute Gasteiger partial charge is 0.158 e. The first-order valence-corrected chi connectivity index (χ1v) is 8.30. The summed E-state index contributed by atoms with van der Waals surface area (Å²) in [6, 6.07) is 10.1. The maximum Gasteiger partial charge on any atom is 0.158 e. The van der Waals surface area contributed by atoms with E-state index in [0.717, 1.165) is 28.5 Å². The summed E-state index contributed by atoms with van der Waals surface area (Å²) in [5.74, 6) is 1.47. The molecular weight excluding hydrogens is 318 g/mol. The molecule has 0 unspecified atom stereocenters. The SMILES string of the molecule is COCCc1nc(-c2ccc(-n3nc(C)cc3C)cc2)n(CCO)n1. The van der Waals surface area contributed by atoms with Crippen molar-refractivity contribution in [2.24, 2.45) is 0 Å². The zero-order chi connectivity index (χ0) is 17.8. The van der Waals surface area contributed by atoms with Crippen LogP contribution < -0.4 is 0 Å². The molecule has 1 N–H and O–H groups in total. The Bertz CT molecular complexity index is 836. The molecule has 1 aromatic carbocycles. The molecule has 2 heterocycles. The zero-order valence-corrected chi connectivity index (χ0v) is 14.8. The van der Waals surface area contributed by atoms with Crippen LogP contribution in [0.2, 0.25) is 0 Å². The second-order valence-electron chi connectivity index (χ2n) is 5.93. The van der Waals surface area contributed by atoms with Crippen molar-refractivity contribution in [1.82, 2.24) is 24.5 Å². The predicted molar refractivity (Wildman–Crippen MR) is 94.7 cm³/mol. The monoisotopic (exact) mass is 341 g/mol. The van der Waals surface area contributed by atoms with Gasteiger partial charge in [-0.15, -0.1) is 0 Å². The molecule has 132 valence electrons. The molecule has 0 atom stereocenters. The second-order valence-corrected chi connectivity index (χ2v) is 5.93. The number of ether oxygens (including phenoxy) is 1. The van der Waals surface area contributed by atoms with Crippen molar-refractivity contribution >= 4 is 0 Å². The van der Waals surface area contributed by atoms with Crippen LogP contribution in [-0.4, -0.2) is 50.0 Å². The van der Waals surface area contributed by atoms with Gasteiger partial charge in [0.15, 0.2) is 11.6 Å². The number of methoxy groups -OCH3 is 1. The van der Waals surface area contributed by atoms with Crippen LogP contribution in [0.3, 0.4) is 0 Å². The van der Waals surface area contributed by atoms with Gasteiger partial charge in [0.2, 0.25) is 0 Å². The first kappa shape index (κ1) is 17.3. The van der Waals surface area contributed by atoms with Crippen molar-refractivity contribution in [3.63, 3.8) is 0 Å². The standard InChI is InChI=1S/C18H23N5O2/c1-13-12-14(2)23(20-13)16-6-4-15(5-7-16)18-19-17(8-11-25-3)21-22(18)9-10-24/h4-7,12,24H,8-11H2,1-3H3. The average Bonchev–Trinajstić information content (AvgIpc) is 3.16. The van der Waals surface area contributed by atoms with Gasteiger partial charge in [-0.05, 0) is 44.2 Å². The highest BCUT2D eigenvalue weighted by Gasteiger charge is 2.12. The molecule has 7 heteroatoms. The van der Waals surface area contributed by atoms with Crippen molar-refractivity contribution < 1.29 is 9.84 Å². The molecule has 0 bridgehead atoms. The molecule has 0 spiro atoms. The Balaban J connectivity index is 1.91. The minimum absolute atomic E-state index is 0.0178.